The molecule has 1 fully saturated rings. The van der Waals surface area contributed by atoms with Crippen molar-refractivity contribution in [1.29, 1.82) is 0 Å². The van der Waals surface area contributed by atoms with Gasteiger partial charge in [-0.25, -0.2) is 4.98 Å². The minimum absolute atomic E-state index is 0.303. The fraction of sp³-hybridized carbons (Fsp3) is 0.818. The van der Waals surface area contributed by atoms with E-state index in [1.807, 2.05) is 11.7 Å². The summed E-state index contributed by atoms with van der Waals surface area (Å²) in [5.74, 6) is 1.72. The van der Waals surface area contributed by atoms with Gasteiger partial charge in [-0.1, -0.05) is 0 Å². The van der Waals surface area contributed by atoms with Crippen LogP contribution >= 0.6 is 11.6 Å². The maximum Gasteiger partial charge on any atom is 0.140 e. The second-order valence-electron chi connectivity index (χ2n) is 4.59. The largest absolute Gasteiger partial charge is 0.296 e. The van der Waals surface area contributed by atoms with Crippen LogP contribution in [0.5, 0.6) is 0 Å². The van der Waals surface area contributed by atoms with Gasteiger partial charge >= 0.3 is 0 Å². The molecular formula is C11H19ClN4. The van der Waals surface area contributed by atoms with E-state index < -0.39 is 0 Å². The van der Waals surface area contributed by atoms with Crippen LogP contribution in [0.3, 0.4) is 0 Å². The average Bonchev–Trinajstić information content (AvgIpc) is 2.65. The van der Waals surface area contributed by atoms with E-state index in [0.717, 1.165) is 25.5 Å². The number of alkyl halides is 1. The first-order valence-corrected chi connectivity index (χ1v) is 6.29. The standard InChI is InChI=1S/C11H19ClN4/c1-9(12)10-3-5-16(6-4-10)7-11-13-8-14-15(11)2/h8-10H,3-7H2,1-2H3. The first-order valence-electron chi connectivity index (χ1n) is 5.86. The lowest BCUT2D eigenvalue weighted by Gasteiger charge is -2.32. The monoisotopic (exact) mass is 242 g/mol. The van der Waals surface area contributed by atoms with Crippen molar-refractivity contribution < 1.29 is 0 Å². The van der Waals surface area contributed by atoms with E-state index >= 15 is 0 Å². The highest BCUT2D eigenvalue weighted by atomic mass is 35.5. The molecule has 0 saturated carbocycles. The Bertz CT molecular complexity index is 328. The Balaban J connectivity index is 1.84. The SMILES string of the molecule is CC(Cl)C1CCN(Cc2ncnn2C)CC1. The molecule has 0 bridgehead atoms. The van der Waals surface area contributed by atoms with Crippen molar-refractivity contribution >= 4 is 11.6 Å². The number of hydrogen-bond donors (Lipinski definition) is 0. The summed E-state index contributed by atoms with van der Waals surface area (Å²) >= 11 is 6.13. The summed E-state index contributed by atoms with van der Waals surface area (Å²) in [5, 5.41) is 4.39. The third-order valence-electron chi connectivity index (χ3n) is 3.45. The second kappa shape index (κ2) is 5.15. The van der Waals surface area contributed by atoms with Crippen LogP contribution in [0.2, 0.25) is 0 Å². The van der Waals surface area contributed by atoms with Crippen LogP contribution in [0.25, 0.3) is 0 Å². The van der Waals surface area contributed by atoms with Crippen molar-refractivity contribution in [3.63, 3.8) is 0 Å². The highest BCUT2D eigenvalue weighted by Gasteiger charge is 2.23. The van der Waals surface area contributed by atoms with Gasteiger partial charge in [0.05, 0.1) is 6.54 Å². The molecule has 2 heterocycles. The van der Waals surface area contributed by atoms with Crippen LogP contribution in [0, 0.1) is 5.92 Å². The summed E-state index contributed by atoms with van der Waals surface area (Å²) in [6.07, 6.45) is 4.01. The van der Waals surface area contributed by atoms with Crippen molar-refractivity contribution in [2.45, 2.75) is 31.7 Å². The molecule has 0 radical (unpaired) electrons. The molecule has 1 unspecified atom stereocenters. The predicted molar refractivity (Wildman–Crippen MR) is 64.3 cm³/mol. The summed E-state index contributed by atoms with van der Waals surface area (Å²) < 4.78 is 1.84. The van der Waals surface area contributed by atoms with Gasteiger partial charge in [0.15, 0.2) is 0 Å². The molecular weight excluding hydrogens is 224 g/mol. The highest BCUT2D eigenvalue weighted by Crippen LogP contribution is 2.24. The molecule has 0 aliphatic carbocycles. The highest BCUT2D eigenvalue weighted by molar-refractivity contribution is 6.20. The van der Waals surface area contributed by atoms with E-state index in [9.17, 15) is 0 Å². The molecule has 4 nitrogen and oxygen atoms in total. The minimum Gasteiger partial charge on any atom is -0.296 e. The Morgan fingerprint density at radius 2 is 2.19 bits per heavy atom. The van der Waals surface area contributed by atoms with Crippen molar-refractivity contribution in [2.24, 2.45) is 13.0 Å². The van der Waals surface area contributed by atoms with Gasteiger partial charge in [-0.2, -0.15) is 5.10 Å². The van der Waals surface area contributed by atoms with Crippen LogP contribution in [0.1, 0.15) is 25.6 Å². The van der Waals surface area contributed by atoms with Gasteiger partial charge in [0.25, 0.3) is 0 Å². The Morgan fingerprint density at radius 3 is 2.69 bits per heavy atom. The quantitative estimate of drug-likeness (QED) is 0.756. The molecule has 0 N–H and O–H groups in total. The number of aromatic nitrogens is 3. The summed E-state index contributed by atoms with van der Waals surface area (Å²) in [4.78, 5) is 6.68. The second-order valence-corrected chi connectivity index (χ2v) is 5.28. The number of piperidine rings is 1. The molecule has 1 aliphatic rings. The van der Waals surface area contributed by atoms with Gasteiger partial charge in [0.1, 0.15) is 12.2 Å². The van der Waals surface area contributed by atoms with Crippen molar-refractivity contribution in [3.05, 3.63) is 12.2 Å². The van der Waals surface area contributed by atoms with E-state index in [-0.39, 0.29) is 0 Å². The van der Waals surface area contributed by atoms with Crippen molar-refractivity contribution in [2.75, 3.05) is 13.1 Å². The molecule has 1 aromatic rings. The zero-order chi connectivity index (χ0) is 11.5. The first kappa shape index (κ1) is 11.9. The van der Waals surface area contributed by atoms with Gasteiger partial charge in [-0.05, 0) is 38.8 Å². The summed E-state index contributed by atoms with van der Waals surface area (Å²) in [7, 11) is 1.94. The molecule has 1 aliphatic heterocycles. The minimum atomic E-state index is 0.303. The van der Waals surface area contributed by atoms with Crippen LogP contribution in [0.15, 0.2) is 6.33 Å². The molecule has 90 valence electrons. The van der Waals surface area contributed by atoms with E-state index in [1.54, 1.807) is 6.33 Å². The van der Waals surface area contributed by atoms with E-state index in [0.29, 0.717) is 11.3 Å². The molecule has 0 spiro atoms. The normalized spacial score (nSPS) is 21.2. The van der Waals surface area contributed by atoms with Gasteiger partial charge in [-0.15, -0.1) is 11.6 Å². The number of aryl methyl sites for hydroxylation is 1. The van der Waals surface area contributed by atoms with Gasteiger partial charge in [0.2, 0.25) is 0 Å². The van der Waals surface area contributed by atoms with Crippen LogP contribution in [-0.4, -0.2) is 38.1 Å². The fourth-order valence-corrected chi connectivity index (χ4v) is 2.49. The zero-order valence-electron chi connectivity index (χ0n) is 9.93. The number of likely N-dealkylation sites (tertiary alicyclic amines) is 1. The number of halogens is 1. The van der Waals surface area contributed by atoms with Gasteiger partial charge < -0.3 is 0 Å². The smallest absolute Gasteiger partial charge is 0.140 e. The van der Waals surface area contributed by atoms with E-state index in [2.05, 4.69) is 21.9 Å². The predicted octanol–water partition coefficient (Wildman–Crippen LogP) is 1.65. The molecule has 2 rings (SSSR count). The summed E-state index contributed by atoms with van der Waals surface area (Å²) in [6.45, 7) is 5.24. The van der Waals surface area contributed by atoms with Crippen molar-refractivity contribution in [1.82, 2.24) is 19.7 Å². The first-order chi connectivity index (χ1) is 7.66. The number of hydrogen-bond acceptors (Lipinski definition) is 3. The lowest BCUT2D eigenvalue weighted by Crippen LogP contribution is -2.36. The molecule has 5 heteroatoms. The molecule has 1 saturated heterocycles. The van der Waals surface area contributed by atoms with Crippen LogP contribution < -0.4 is 0 Å². The number of nitrogens with zero attached hydrogens (tertiary/aromatic N) is 4. The number of rotatable bonds is 3. The molecule has 1 atom stereocenters. The zero-order valence-corrected chi connectivity index (χ0v) is 10.7. The Labute approximate surface area is 102 Å². The average molecular weight is 243 g/mol. The van der Waals surface area contributed by atoms with E-state index in [1.165, 1.54) is 12.8 Å². The fourth-order valence-electron chi connectivity index (χ4n) is 2.23. The third kappa shape index (κ3) is 2.74. The summed E-state index contributed by atoms with van der Waals surface area (Å²) in [5.41, 5.74) is 0. The van der Waals surface area contributed by atoms with Gasteiger partial charge in [0, 0.05) is 12.4 Å². The van der Waals surface area contributed by atoms with Crippen molar-refractivity contribution in [3.8, 4) is 0 Å². The lowest BCUT2D eigenvalue weighted by molar-refractivity contribution is 0.171. The molecule has 1 aromatic heterocycles. The Morgan fingerprint density at radius 1 is 1.50 bits per heavy atom. The Kier molecular flexibility index (Phi) is 3.82. The lowest BCUT2D eigenvalue weighted by atomic mass is 9.94. The van der Waals surface area contributed by atoms with Gasteiger partial charge in [-0.3, -0.25) is 9.58 Å². The summed E-state index contributed by atoms with van der Waals surface area (Å²) in [6, 6.07) is 0. The topological polar surface area (TPSA) is 34.0 Å². The molecule has 0 amide bonds. The Hall–Kier alpha value is -0.610. The molecule has 16 heavy (non-hydrogen) atoms. The van der Waals surface area contributed by atoms with Crippen LogP contribution in [-0.2, 0) is 13.6 Å². The maximum atomic E-state index is 6.13. The van der Waals surface area contributed by atoms with Crippen LogP contribution in [0.4, 0.5) is 0 Å². The third-order valence-corrected chi connectivity index (χ3v) is 3.81. The maximum absolute atomic E-state index is 6.13. The van der Waals surface area contributed by atoms with E-state index in [4.69, 9.17) is 11.6 Å². The molecule has 0 aromatic carbocycles.